The zero-order valence-corrected chi connectivity index (χ0v) is 15.1. The lowest BCUT2D eigenvalue weighted by Gasteiger charge is -2.27. The maximum atomic E-state index is 5.94. The van der Waals surface area contributed by atoms with Gasteiger partial charge in [0.15, 0.2) is 17.5 Å². The van der Waals surface area contributed by atoms with Crippen LogP contribution in [0.5, 0.6) is 17.2 Å². The summed E-state index contributed by atoms with van der Waals surface area (Å²) in [6.07, 6.45) is -0.0569. The summed E-state index contributed by atoms with van der Waals surface area (Å²) in [5, 5.41) is 6.53. The number of aliphatic imine (C=N–C) groups is 1. The molecule has 0 saturated carbocycles. The number of ether oxygens (including phenoxy) is 3. The van der Waals surface area contributed by atoms with Gasteiger partial charge in [0, 0.05) is 7.05 Å². The number of hydrogen-bond acceptors (Lipinski definition) is 4. The summed E-state index contributed by atoms with van der Waals surface area (Å²) < 4.78 is 17.5. The standard InChI is InChI=1S/C20H25N3O3/c1-15(25-16-8-4-3-5-9-16)12-22-20(21-2)23-13-17-14-24-18-10-6-7-11-19(18)26-17/h3-11,15,17H,12-14H2,1-2H3,(H2,21,22,23). The van der Waals surface area contributed by atoms with Crippen LogP contribution in [-0.2, 0) is 0 Å². The van der Waals surface area contributed by atoms with E-state index < -0.39 is 0 Å². The van der Waals surface area contributed by atoms with Gasteiger partial charge in [-0.05, 0) is 31.2 Å². The molecule has 2 aromatic rings. The summed E-state index contributed by atoms with van der Waals surface area (Å²) in [5.41, 5.74) is 0. The van der Waals surface area contributed by atoms with Crippen LogP contribution in [0.2, 0.25) is 0 Å². The first kappa shape index (κ1) is 17.9. The molecule has 2 aromatic carbocycles. The third-order valence-corrected chi connectivity index (χ3v) is 3.93. The minimum atomic E-state index is -0.0681. The lowest BCUT2D eigenvalue weighted by atomic mass is 10.2. The van der Waals surface area contributed by atoms with E-state index in [1.54, 1.807) is 7.05 Å². The molecular formula is C20H25N3O3. The largest absolute Gasteiger partial charge is 0.489 e. The molecule has 0 aromatic heterocycles. The van der Waals surface area contributed by atoms with Gasteiger partial charge >= 0.3 is 0 Å². The Morgan fingerprint density at radius 2 is 1.85 bits per heavy atom. The van der Waals surface area contributed by atoms with E-state index >= 15 is 0 Å². The zero-order chi connectivity index (χ0) is 18.2. The van der Waals surface area contributed by atoms with Gasteiger partial charge in [-0.15, -0.1) is 0 Å². The molecule has 26 heavy (non-hydrogen) atoms. The molecule has 0 fully saturated rings. The summed E-state index contributed by atoms with van der Waals surface area (Å²) in [6.45, 7) is 3.76. The molecule has 0 bridgehead atoms. The number of nitrogens with one attached hydrogen (secondary N) is 2. The van der Waals surface area contributed by atoms with Crippen LogP contribution in [0.1, 0.15) is 6.92 Å². The van der Waals surface area contributed by atoms with Crippen molar-refractivity contribution in [3.8, 4) is 17.2 Å². The summed E-state index contributed by atoms with van der Waals surface area (Å²) in [4.78, 5) is 4.24. The number of nitrogens with zero attached hydrogens (tertiary/aromatic N) is 1. The van der Waals surface area contributed by atoms with Crippen LogP contribution in [-0.4, -0.2) is 44.9 Å². The van der Waals surface area contributed by atoms with Crippen molar-refractivity contribution < 1.29 is 14.2 Å². The molecule has 0 amide bonds. The van der Waals surface area contributed by atoms with E-state index in [0.29, 0.717) is 25.7 Å². The second kappa shape index (κ2) is 8.99. The Bertz CT molecular complexity index is 721. The van der Waals surface area contributed by atoms with Gasteiger partial charge in [-0.2, -0.15) is 0 Å². The first-order valence-electron chi connectivity index (χ1n) is 8.79. The summed E-state index contributed by atoms with van der Waals surface area (Å²) >= 11 is 0. The predicted octanol–water partition coefficient (Wildman–Crippen LogP) is 2.46. The molecule has 0 spiro atoms. The minimum Gasteiger partial charge on any atom is -0.489 e. The fourth-order valence-electron chi connectivity index (χ4n) is 2.61. The van der Waals surface area contributed by atoms with Gasteiger partial charge in [-0.25, -0.2) is 0 Å². The van der Waals surface area contributed by atoms with E-state index in [1.165, 1.54) is 0 Å². The first-order chi connectivity index (χ1) is 12.7. The number of rotatable bonds is 6. The van der Waals surface area contributed by atoms with Crippen molar-refractivity contribution in [2.24, 2.45) is 4.99 Å². The Morgan fingerprint density at radius 3 is 2.62 bits per heavy atom. The predicted molar refractivity (Wildman–Crippen MR) is 102 cm³/mol. The molecule has 3 rings (SSSR count). The van der Waals surface area contributed by atoms with Crippen molar-refractivity contribution in [2.75, 3.05) is 26.7 Å². The highest BCUT2D eigenvalue weighted by Gasteiger charge is 2.20. The van der Waals surface area contributed by atoms with Crippen LogP contribution >= 0.6 is 0 Å². The van der Waals surface area contributed by atoms with Crippen LogP contribution in [0.25, 0.3) is 0 Å². The Hall–Kier alpha value is -2.89. The molecule has 6 heteroatoms. The SMILES string of the molecule is CN=C(NCC(C)Oc1ccccc1)NCC1COc2ccccc2O1. The van der Waals surface area contributed by atoms with Gasteiger partial charge in [-0.1, -0.05) is 30.3 Å². The summed E-state index contributed by atoms with van der Waals surface area (Å²) in [7, 11) is 1.74. The van der Waals surface area contributed by atoms with Crippen molar-refractivity contribution in [1.82, 2.24) is 10.6 Å². The number of benzene rings is 2. The smallest absolute Gasteiger partial charge is 0.191 e. The van der Waals surface area contributed by atoms with Gasteiger partial charge < -0.3 is 24.8 Å². The molecule has 2 atom stereocenters. The molecular weight excluding hydrogens is 330 g/mol. The fourth-order valence-corrected chi connectivity index (χ4v) is 2.61. The zero-order valence-electron chi connectivity index (χ0n) is 15.1. The first-order valence-corrected chi connectivity index (χ1v) is 8.79. The monoisotopic (exact) mass is 355 g/mol. The van der Waals surface area contributed by atoms with Gasteiger partial charge in [0.1, 0.15) is 24.6 Å². The molecule has 6 nitrogen and oxygen atoms in total. The Balaban J connectivity index is 1.41. The van der Waals surface area contributed by atoms with Crippen LogP contribution in [0.15, 0.2) is 59.6 Å². The van der Waals surface area contributed by atoms with Crippen molar-refractivity contribution in [3.05, 3.63) is 54.6 Å². The molecule has 1 aliphatic heterocycles. The second-order valence-corrected chi connectivity index (χ2v) is 6.07. The summed E-state index contributed by atoms with van der Waals surface area (Å²) in [6, 6.07) is 17.5. The number of guanidine groups is 1. The maximum Gasteiger partial charge on any atom is 0.191 e. The van der Waals surface area contributed by atoms with E-state index in [9.17, 15) is 0 Å². The molecule has 2 N–H and O–H groups in total. The number of fused-ring (bicyclic) bond motifs is 1. The highest BCUT2D eigenvalue weighted by atomic mass is 16.6. The van der Waals surface area contributed by atoms with Crippen molar-refractivity contribution in [3.63, 3.8) is 0 Å². The van der Waals surface area contributed by atoms with Gasteiger partial charge in [0.25, 0.3) is 0 Å². The molecule has 0 saturated heterocycles. The number of para-hydroxylation sites is 3. The molecule has 138 valence electrons. The lowest BCUT2D eigenvalue weighted by Crippen LogP contribution is -2.47. The van der Waals surface area contributed by atoms with Crippen molar-refractivity contribution in [1.29, 1.82) is 0 Å². The van der Waals surface area contributed by atoms with E-state index in [4.69, 9.17) is 14.2 Å². The molecule has 0 aliphatic carbocycles. The van der Waals surface area contributed by atoms with Crippen LogP contribution in [0.4, 0.5) is 0 Å². The van der Waals surface area contributed by atoms with Gasteiger partial charge in [-0.3, -0.25) is 4.99 Å². The van der Waals surface area contributed by atoms with Gasteiger partial charge in [0.05, 0.1) is 13.1 Å². The second-order valence-electron chi connectivity index (χ2n) is 6.07. The van der Waals surface area contributed by atoms with Crippen molar-refractivity contribution >= 4 is 5.96 Å². The van der Waals surface area contributed by atoms with E-state index in [-0.39, 0.29) is 12.2 Å². The lowest BCUT2D eigenvalue weighted by molar-refractivity contribution is 0.0935. The molecule has 0 radical (unpaired) electrons. The van der Waals surface area contributed by atoms with Crippen LogP contribution < -0.4 is 24.8 Å². The highest BCUT2D eigenvalue weighted by Crippen LogP contribution is 2.30. The topological polar surface area (TPSA) is 64.1 Å². The summed E-state index contributed by atoms with van der Waals surface area (Å²) in [5.74, 6) is 3.13. The fraction of sp³-hybridized carbons (Fsp3) is 0.350. The van der Waals surface area contributed by atoms with Crippen LogP contribution in [0.3, 0.4) is 0 Å². The quantitative estimate of drug-likeness (QED) is 0.616. The van der Waals surface area contributed by atoms with Crippen LogP contribution in [0, 0.1) is 0 Å². The molecule has 1 aliphatic rings. The Labute approximate surface area is 154 Å². The number of hydrogen-bond donors (Lipinski definition) is 2. The molecule has 2 unspecified atom stereocenters. The van der Waals surface area contributed by atoms with E-state index in [2.05, 4.69) is 15.6 Å². The van der Waals surface area contributed by atoms with E-state index in [0.717, 1.165) is 17.2 Å². The van der Waals surface area contributed by atoms with E-state index in [1.807, 2.05) is 61.5 Å². The normalized spacial score (nSPS) is 17.3. The Morgan fingerprint density at radius 1 is 1.12 bits per heavy atom. The van der Waals surface area contributed by atoms with Gasteiger partial charge in [0.2, 0.25) is 0 Å². The third kappa shape index (κ3) is 5.05. The Kier molecular flexibility index (Phi) is 6.19. The average molecular weight is 355 g/mol. The maximum absolute atomic E-state index is 5.94. The third-order valence-electron chi connectivity index (χ3n) is 3.93. The minimum absolute atomic E-state index is 0.0112. The average Bonchev–Trinajstić information content (AvgIpc) is 2.68. The highest BCUT2D eigenvalue weighted by molar-refractivity contribution is 5.79. The molecule has 1 heterocycles. The van der Waals surface area contributed by atoms with Crippen molar-refractivity contribution in [2.45, 2.75) is 19.1 Å².